The fourth-order valence-electron chi connectivity index (χ4n) is 2.22. The quantitative estimate of drug-likeness (QED) is 0.833. The summed E-state index contributed by atoms with van der Waals surface area (Å²) in [6.07, 6.45) is 2.07. The van der Waals surface area contributed by atoms with E-state index in [4.69, 9.17) is 0 Å². The molecular formula is C19H20N2O2. The summed E-state index contributed by atoms with van der Waals surface area (Å²) >= 11 is 0. The number of carbonyl (C=O) groups excluding carboxylic acids is 2. The minimum Gasteiger partial charge on any atom is -0.326 e. The molecule has 0 atom stereocenters. The molecular weight excluding hydrogens is 288 g/mol. The zero-order valence-electron chi connectivity index (χ0n) is 13.5. The minimum absolute atomic E-state index is 0.0794. The lowest BCUT2D eigenvalue weighted by Crippen LogP contribution is -2.05. The number of amides is 2. The molecule has 0 unspecified atom stereocenters. The highest BCUT2D eigenvalue weighted by molar-refractivity contribution is 5.90. The standard InChI is InChI=1S/C19H20N2O2/c1-13(17-6-10-19(11-7-17)21-15(3)23)12-16-4-8-18(9-5-16)20-14(2)22/h4-12H,1-3H3,(H,20,22)(H,21,23)/b13-12+. The molecule has 0 aliphatic heterocycles. The zero-order valence-corrected chi connectivity index (χ0v) is 13.5. The van der Waals surface area contributed by atoms with Crippen molar-refractivity contribution < 1.29 is 9.59 Å². The Morgan fingerprint density at radius 1 is 0.739 bits per heavy atom. The molecule has 0 bridgehead atoms. The van der Waals surface area contributed by atoms with Crippen LogP contribution in [0, 0.1) is 0 Å². The van der Waals surface area contributed by atoms with Gasteiger partial charge in [-0.15, -0.1) is 0 Å². The molecule has 0 radical (unpaired) electrons. The normalized spacial score (nSPS) is 11.0. The maximum Gasteiger partial charge on any atom is 0.221 e. The number of hydrogen-bond acceptors (Lipinski definition) is 2. The Bertz CT molecular complexity index is 729. The Kier molecular flexibility index (Phi) is 5.31. The van der Waals surface area contributed by atoms with Gasteiger partial charge in [0.15, 0.2) is 0 Å². The summed E-state index contributed by atoms with van der Waals surface area (Å²) in [4.78, 5) is 22.0. The number of benzene rings is 2. The Labute approximate surface area is 136 Å². The van der Waals surface area contributed by atoms with Gasteiger partial charge in [0.05, 0.1) is 0 Å². The molecule has 0 heterocycles. The third-order valence-corrected chi connectivity index (χ3v) is 3.27. The molecule has 2 N–H and O–H groups in total. The van der Waals surface area contributed by atoms with Gasteiger partial charge >= 0.3 is 0 Å². The lowest BCUT2D eigenvalue weighted by molar-refractivity contribution is -0.115. The van der Waals surface area contributed by atoms with Gasteiger partial charge in [0.2, 0.25) is 11.8 Å². The van der Waals surface area contributed by atoms with Crippen molar-refractivity contribution >= 4 is 34.8 Å². The molecule has 0 fully saturated rings. The zero-order chi connectivity index (χ0) is 16.8. The van der Waals surface area contributed by atoms with Crippen molar-refractivity contribution in [3.05, 3.63) is 59.7 Å². The molecule has 4 heteroatoms. The van der Waals surface area contributed by atoms with Crippen LogP contribution < -0.4 is 10.6 Å². The molecule has 0 spiro atoms. The van der Waals surface area contributed by atoms with Crippen LogP contribution in [-0.4, -0.2) is 11.8 Å². The van der Waals surface area contributed by atoms with Crippen LogP contribution in [0.25, 0.3) is 11.6 Å². The summed E-state index contributed by atoms with van der Waals surface area (Å²) in [5.74, 6) is -0.159. The van der Waals surface area contributed by atoms with Crippen LogP contribution >= 0.6 is 0 Å². The fraction of sp³-hybridized carbons (Fsp3) is 0.158. The molecule has 0 aromatic heterocycles. The van der Waals surface area contributed by atoms with E-state index in [1.54, 1.807) is 0 Å². The second-order valence-electron chi connectivity index (χ2n) is 5.39. The summed E-state index contributed by atoms with van der Waals surface area (Å²) in [6, 6.07) is 15.4. The molecule has 0 aliphatic carbocycles. The van der Waals surface area contributed by atoms with Gasteiger partial charge in [-0.2, -0.15) is 0 Å². The molecule has 23 heavy (non-hydrogen) atoms. The first-order chi connectivity index (χ1) is 10.9. The van der Waals surface area contributed by atoms with Gasteiger partial charge in [-0.05, 0) is 47.9 Å². The second kappa shape index (κ2) is 7.40. The van der Waals surface area contributed by atoms with Gasteiger partial charge in [-0.25, -0.2) is 0 Å². The van der Waals surface area contributed by atoms with Gasteiger partial charge in [-0.3, -0.25) is 9.59 Å². The smallest absolute Gasteiger partial charge is 0.221 e. The monoisotopic (exact) mass is 308 g/mol. The maximum atomic E-state index is 11.0. The van der Waals surface area contributed by atoms with Crippen LogP contribution in [-0.2, 0) is 9.59 Å². The van der Waals surface area contributed by atoms with Gasteiger partial charge < -0.3 is 10.6 Å². The van der Waals surface area contributed by atoms with Crippen LogP contribution in [0.3, 0.4) is 0 Å². The van der Waals surface area contributed by atoms with E-state index in [-0.39, 0.29) is 11.8 Å². The van der Waals surface area contributed by atoms with Crippen LogP contribution in [0.5, 0.6) is 0 Å². The third kappa shape index (κ3) is 5.11. The van der Waals surface area contributed by atoms with E-state index in [0.29, 0.717) is 0 Å². The number of carbonyl (C=O) groups is 2. The Hall–Kier alpha value is -2.88. The first-order valence-electron chi connectivity index (χ1n) is 7.38. The molecule has 0 saturated carbocycles. The minimum atomic E-state index is -0.0799. The third-order valence-electron chi connectivity index (χ3n) is 3.27. The van der Waals surface area contributed by atoms with E-state index in [9.17, 15) is 9.59 Å². The predicted molar refractivity (Wildman–Crippen MR) is 95.0 cm³/mol. The van der Waals surface area contributed by atoms with E-state index in [0.717, 1.165) is 28.1 Å². The number of allylic oxidation sites excluding steroid dienone is 1. The summed E-state index contributed by atoms with van der Waals surface area (Å²) in [6.45, 7) is 5.02. The molecule has 0 aliphatic rings. The van der Waals surface area contributed by atoms with Crippen LogP contribution in [0.1, 0.15) is 31.9 Å². The molecule has 2 aromatic carbocycles. The summed E-state index contributed by atoms with van der Waals surface area (Å²) in [5, 5.41) is 5.49. The number of anilines is 2. The van der Waals surface area contributed by atoms with Gasteiger partial charge in [0.1, 0.15) is 0 Å². The van der Waals surface area contributed by atoms with E-state index < -0.39 is 0 Å². The molecule has 118 valence electrons. The Morgan fingerprint density at radius 2 is 1.17 bits per heavy atom. The second-order valence-corrected chi connectivity index (χ2v) is 5.39. The largest absolute Gasteiger partial charge is 0.326 e. The van der Waals surface area contributed by atoms with Crippen LogP contribution in [0.2, 0.25) is 0 Å². The SMILES string of the molecule is CC(=O)Nc1ccc(/C=C(\C)c2ccc(NC(C)=O)cc2)cc1. The van der Waals surface area contributed by atoms with Crippen molar-refractivity contribution in [1.29, 1.82) is 0 Å². The molecule has 0 saturated heterocycles. The first kappa shape index (κ1) is 16.5. The van der Waals surface area contributed by atoms with E-state index >= 15 is 0 Å². The van der Waals surface area contributed by atoms with E-state index in [2.05, 4.69) is 16.7 Å². The van der Waals surface area contributed by atoms with Crippen molar-refractivity contribution in [2.75, 3.05) is 10.6 Å². The highest BCUT2D eigenvalue weighted by Crippen LogP contribution is 2.20. The van der Waals surface area contributed by atoms with Crippen molar-refractivity contribution in [2.24, 2.45) is 0 Å². The van der Waals surface area contributed by atoms with Crippen molar-refractivity contribution in [3.8, 4) is 0 Å². The van der Waals surface area contributed by atoms with Crippen LogP contribution in [0.15, 0.2) is 48.5 Å². The van der Waals surface area contributed by atoms with Crippen molar-refractivity contribution in [3.63, 3.8) is 0 Å². The van der Waals surface area contributed by atoms with E-state index in [1.807, 2.05) is 55.5 Å². The van der Waals surface area contributed by atoms with E-state index in [1.165, 1.54) is 13.8 Å². The topological polar surface area (TPSA) is 58.2 Å². The maximum absolute atomic E-state index is 11.0. The van der Waals surface area contributed by atoms with Crippen LogP contribution in [0.4, 0.5) is 11.4 Å². The molecule has 2 rings (SSSR count). The Balaban J connectivity index is 2.12. The highest BCUT2D eigenvalue weighted by Gasteiger charge is 2.00. The van der Waals surface area contributed by atoms with Gasteiger partial charge in [0, 0.05) is 25.2 Å². The Morgan fingerprint density at radius 3 is 1.61 bits per heavy atom. The number of hydrogen-bond donors (Lipinski definition) is 2. The summed E-state index contributed by atoms with van der Waals surface area (Å²) in [7, 11) is 0. The fourth-order valence-corrected chi connectivity index (χ4v) is 2.22. The van der Waals surface area contributed by atoms with Crippen molar-refractivity contribution in [1.82, 2.24) is 0 Å². The lowest BCUT2D eigenvalue weighted by atomic mass is 10.0. The molecule has 2 amide bonds. The average Bonchev–Trinajstić information content (AvgIpc) is 2.49. The predicted octanol–water partition coefficient (Wildman–Crippen LogP) is 4.16. The first-order valence-corrected chi connectivity index (χ1v) is 7.38. The van der Waals surface area contributed by atoms with Gasteiger partial charge in [-0.1, -0.05) is 30.3 Å². The summed E-state index contributed by atoms with van der Waals surface area (Å²) < 4.78 is 0. The number of nitrogens with one attached hydrogen (secondary N) is 2. The highest BCUT2D eigenvalue weighted by atomic mass is 16.2. The average molecular weight is 308 g/mol. The lowest BCUT2D eigenvalue weighted by Gasteiger charge is -2.06. The molecule has 4 nitrogen and oxygen atoms in total. The van der Waals surface area contributed by atoms with Crippen molar-refractivity contribution in [2.45, 2.75) is 20.8 Å². The number of rotatable bonds is 4. The van der Waals surface area contributed by atoms with Gasteiger partial charge in [0.25, 0.3) is 0 Å². The molecule has 2 aromatic rings. The summed E-state index contributed by atoms with van der Waals surface area (Å²) in [5.41, 5.74) is 4.83.